The molecule has 1 aromatic heterocycles. The summed E-state index contributed by atoms with van der Waals surface area (Å²) >= 11 is 2.68. The van der Waals surface area contributed by atoms with Crippen LogP contribution in [0.1, 0.15) is 21.5 Å². The third-order valence-electron chi connectivity index (χ3n) is 4.12. The van der Waals surface area contributed by atoms with Crippen LogP contribution in [0, 0.1) is 13.8 Å². The molecule has 0 aliphatic heterocycles. The first-order chi connectivity index (χ1) is 13.5. The Labute approximate surface area is 171 Å². The summed E-state index contributed by atoms with van der Waals surface area (Å²) in [5.74, 6) is -0.149. The van der Waals surface area contributed by atoms with E-state index in [0.29, 0.717) is 15.0 Å². The second-order valence-corrected chi connectivity index (χ2v) is 8.30. The fourth-order valence-electron chi connectivity index (χ4n) is 2.40. The molecule has 0 fully saturated rings. The van der Waals surface area contributed by atoms with Crippen molar-refractivity contribution in [2.45, 2.75) is 18.2 Å². The number of rotatable bonds is 8. The fraction of sp³-hybridized carbons (Fsp3) is 0.200. The second-order valence-electron chi connectivity index (χ2n) is 6.10. The van der Waals surface area contributed by atoms with E-state index in [-0.39, 0.29) is 24.0 Å². The Morgan fingerprint density at radius 2 is 1.82 bits per heavy atom. The molecule has 0 atom stereocenters. The normalized spacial score (nSPS) is 10.5. The quantitative estimate of drug-likeness (QED) is 0.430. The zero-order valence-electron chi connectivity index (χ0n) is 15.6. The number of Topliss-reactive ketones (excluding diaryl/α,β-unsaturated/α-hetero) is 1. The van der Waals surface area contributed by atoms with Gasteiger partial charge in [-0.15, -0.1) is 10.2 Å². The van der Waals surface area contributed by atoms with E-state index in [1.165, 1.54) is 28.7 Å². The maximum atomic E-state index is 12.0. The molecular formula is C20H20N4O2S2. The highest BCUT2D eigenvalue weighted by atomic mass is 32.2. The summed E-state index contributed by atoms with van der Waals surface area (Å²) in [5.41, 5.74) is 3.94. The zero-order valence-corrected chi connectivity index (χ0v) is 17.2. The molecule has 0 spiro atoms. The third kappa shape index (κ3) is 5.40. The molecule has 0 aliphatic carbocycles. The smallest absolute Gasteiger partial charge is 0.230 e. The summed E-state index contributed by atoms with van der Waals surface area (Å²) < 4.78 is 0.692. The van der Waals surface area contributed by atoms with Gasteiger partial charge in [0.05, 0.1) is 12.3 Å². The molecule has 144 valence electrons. The van der Waals surface area contributed by atoms with Gasteiger partial charge in [0.15, 0.2) is 10.1 Å². The number of hydrogen-bond acceptors (Lipinski definition) is 7. The van der Waals surface area contributed by atoms with E-state index in [9.17, 15) is 9.59 Å². The van der Waals surface area contributed by atoms with Gasteiger partial charge in [0, 0.05) is 11.3 Å². The van der Waals surface area contributed by atoms with E-state index in [1.807, 2.05) is 18.2 Å². The zero-order chi connectivity index (χ0) is 19.9. The van der Waals surface area contributed by atoms with Crippen molar-refractivity contribution in [3.05, 3.63) is 65.2 Å². The number of ketones is 1. The predicted octanol–water partition coefficient (Wildman–Crippen LogP) is 3.99. The first-order valence-corrected chi connectivity index (χ1v) is 10.5. The van der Waals surface area contributed by atoms with Gasteiger partial charge in [0.25, 0.3) is 0 Å². The number of aromatic nitrogens is 2. The number of nitrogens with one attached hydrogen (secondary N) is 2. The van der Waals surface area contributed by atoms with Crippen LogP contribution >= 0.6 is 23.1 Å². The summed E-state index contributed by atoms with van der Waals surface area (Å²) in [6.45, 7) is 4.09. The predicted molar refractivity (Wildman–Crippen MR) is 114 cm³/mol. The highest BCUT2D eigenvalue weighted by Crippen LogP contribution is 2.29. The lowest BCUT2D eigenvalue weighted by molar-refractivity contribution is -0.118. The molecule has 3 rings (SSSR count). The van der Waals surface area contributed by atoms with Gasteiger partial charge < -0.3 is 10.6 Å². The fourth-order valence-corrected chi connectivity index (χ4v) is 4.00. The lowest BCUT2D eigenvalue weighted by atomic mass is 10.1. The molecule has 2 aromatic carbocycles. The lowest BCUT2D eigenvalue weighted by Crippen LogP contribution is -2.30. The Balaban J connectivity index is 1.47. The molecule has 0 saturated carbocycles. The third-order valence-corrected chi connectivity index (χ3v) is 6.09. The van der Waals surface area contributed by atoms with Gasteiger partial charge in [-0.05, 0) is 31.0 Å². The number of carbonyl (C=O) groups is 2. The van der Waals surface area contributed by atoms with Gasteiger partial charge >= 0.3 is 0 Å². The maximum absolute atomic E-state index is 12.0. The molecule has 0 saturated heterocycles. The standard InChI is InChI=1S/C20H20N4O2S2/c1-13-7-6-10-16(14(13)2)22-19-23-24-20(28-19)27-12-18(26)21-11-17(25)15-8-4-3-5-9-15/h3-10H,11-12H2,1-2H3,(H,21,26)(H,22,23). The largest absolute Gasteiger partial charge is 0.348 e. The summed E-state index contributed by atoms with van der Waals surface area (Å²) in [6.07, 6.45) is 0. The molecule has 0 unspecified atom stereocenters. The number of amides is 1. The Bertz CT molecular complexity index is 973. The summed E-state index contributed by atoms with van der Waals surface area (Å²) in [5, 5.41) is 14.8. The molecule has 3 aromatic rings. The summed E-state index contributed by atoms with van der Waals surface area (Å²) in [6, 6.07) is 14.9. The van der Waals surface area contributed by atoms with Crippen molar-refractivity contribution in [3.63, 3.8) is 0 Å². The summed E-state index contributed by atoms with van der Waals surface area (Å²) in [7, 11) is 0. The minimum Gasteiger partial charge on any atom is -0.348 e. The highest BCUT2D eigenvalue weighted by molar-refractivity contribution is 8.01. The van der Waals surface area contributed by atoms with Crippen LogP contribution in [0.5, 0.6) is 0 Å². The number of aryl methyl sites for hydroxylation is 1. The van der Waals surface area contributed by atoms with Crippen molar-refractivity contribution < 1.29 is 9.59 Å². The van der Waals surface area contributed by atoms with Gasteiger partial charge in [-0.25, -0.2) is 0 Å². The van der Waals surface area contributed by atoms with Crippen molar-refractivity contribution in [2.75, 3.05) is 17.6 Å². The van der Waals surface area contributed by atoms with E-state index in [4.69, 9.17) is 0 Å². The molecular weight excluding hydrogens is 392 g/mol. The van der Waals surface area contributed by atoms with Crippen molar-refractivity contribution in [1.29, 1.82) is 0 Å². The number of nitrogens with zero attached hydrogens (tertiary/aromatic N) is 2. The van der Waals surface area contributed by atoms with E-state index in [1.54, 1.807) is 24.3 Å². The molecule has 0 aliphatic rings. The van der Waals surface area contributed by atoms with Crippen LogP contribution < -0.4 is 10.6 Å². The van der Waals surface area contributed by atoms with Crippen LogP contribution in [0.25, 0.3) is 0 Å². The van der Waals surface area contributed by atoms with Crippen LogP contribution in [0.4, 0.5) is 10.8 Å². The lowest BCUT2D eigenvalue weighted by Gasteiger charge is -2.08. The van der Waals surface area contributed by atoms with Crippen molar-refractivity contribution in [1.82, 2.24) is 15.5 Å². The molecule has 1 heterocycles. The average molecular weight is 413 g/mol. The Morgan fingerprint density at radius 3 is 2.61 bits per heavy atom. The van der Waals surface area contributed by atoms with Gasteiger partial charge in [0.2, 0.25) is 11.0 Å². The molecule has 6 nitrogen and oxygen atoms in total. The van der Waals surface area contributed by atoms with Crippen molar-refractivity contribution in [3.8, 4) is 0 Å². The van der Waals surface area contributed by atoms with Crippen molar-refractivity contribution in [2.24, 2.45) is 0 Å². The van der Waals surface area contributed by atoms with Crippen LogP contribution in [0.3, 0.4) is 0 Å². The minimum atomic E-state index is -0.214. The number of hydrogen-bond donors (Lipinski definition) is 2. The Hall–Kier alpha value is -2.71. The molecule has 28 heavy (non-hydrogen) atoms. The van der Waals surface area contributed by atoms with E-state index >= 15 is 0 Å². The van der Waals surface area contributed by atoms with Crippen molar-refractivity contribution >= 4 is 45.6 Å². The second kappa shape index (κ2) is 9.48. The first-order valence-electron chi connectivity index (χ1n) is 8.67. The van der Waals surface area contributed by atoms with Crippen LogP contribution in [-0.4, -0.2) is 34.2 Å². The Kier molecular flexibility index (Phi) is 6.78. The molecule has 0 bridgehead atoms. The van der Waals surface area contributed by atoms with Crippen LogP contribution in [-0.2, 0) is 4.79 Å². The highest BCUT2D eigenvalue weighted by Gasteiger charge is 2.11. The maximum Gasteiger partial charge on any atom is 0.230 e. The monoisotopic (exact) mass is 412 g/mol. The van der Waals surface area contributed by atoms with Gasteiger partial charge in [-0.1, -0.05) is 65.6 Å². The number of anilines is 2. The number of benzene rings is 2. The van der Waals surface area contributed by atoms with Gasteiger partial charge in [-0.3, -0.25) is 9.59 Å². The minimum absolute atomic E-state index is 0.0149. The van der Waals surface area contributed by atoms with Crippen LogP contribution in [0.15, 0.2) is 52.9 Å². The number of thioether (sulfide) groups is 1. The van der Waals surface area contributed by atoms with Gasteiger partial charge in [-0.2, -0.15) is 0 Å². The number of carbonyl (C=O) groups excluding carboxylic acids is 2. The van der Waals surface area contributed by atoms with E-state index < -0.39 is 0 Å². The molecule has 1 amide bonds. The average Bonchev–Trinajstić information content (AvgIpc) is 3.16. The van der Waals surface area contributed by atoms with Gasteiger partial charge in [0.1, 0.15) is 0 Å². The first kappa shape index (κ1) is 20.0. The molecule has 0 radical (unpaired) electrons. The van der Waals surface area contributed by atoms with E-state index in [0.717, 1.165) is 11.3 Å². The topological polar surface area (TPSA) is 84.0 Å². The van der Waals surface area contributed by atoms with Crippen LogP contribution in [0.2, 0.25) is 0 Å². The Morgan fingerprint density at radius 1 is 1.04 bits per heavy atom. The van der Waals surface area contributed by atoms with E-state index in [2.05, 4.69) is 40.7 Å². The SMILES string of the molecule is Cc1cccc(Nc2nnc(SCC(=O)NCC(=O)c3ccccc3)s2)c1C. The molecule has 2 N–H and O–H groups in total. The molecule has 8 heteroatoms. The summed E-state index contributed by atoms with van der Waals surface area (Å²) in [4.78, 5) is 24.0.